The summed E-state index contributed by atoms with van der Waals surface area (Å²) in [5.74, 6) is -1.03. The van der Waals surface area contributed by atoms with Gasteiger partial charge in [0.1, 0.15) is 5.15 Å². The second-order valence-electron chi connectivity index (χ2n) is 4.21. The van der Waals surface area contributed by atoms with Gasteiger partial charge < -0.3 is 5.11 Å². The van der Waals surface area contributed by atoms with Crippen LogP contribution in [0.15, 0.2) is 30.3 Å². The van der Waals surface area contributed by atoms with Crippen LogP contribution in [0.1, 0.15) is 16.8 Å². The van der Waals surface area contributed by atoms with E-state index in [1.807, 2.05) is 18.2 Å². The summed E-state index contributed by atoms with van der Waals surface area (Å²) >= 11 is 12.3. The van der Waals surface area contributed by atoms with Crippen molar-refractivity contribution in [2.45, 2.75) is 13.5 Å². The Balaban J connectivity index is 2.33. The van der Waals surface area contributed by atoms with Crippen LogP contribution < -0.4 is 0 Å². The zero-order chi connectivity index (χ0) is 14.7. The zero-order valence-corrected chi connectivity index (χ0v) is 12.2. The molecular formula is C14H12Cl2N2O2. The molecule has 1 aromatic carbocycles. The van der Waals surface area contributed by atoms with E-state index in [1.165, 1.54) is 6.08 Å². The van der Waals surface area contributed by atoms with Crippen LogP contribution in [0, 0.1) is 6.92 Å². The molecule has 0 radical (unpaired) electrons. The van der Waals surface area contributed by atoms with Gasteiger partial charge in [0.15, 0.2) is 0 Å². The Bertz CT molecular complexity index is 678. The minimum Gasteiger partial charge on any atom is -0.478 e. The maximum Gasteiger partial charge on any atom is 0.328 e. The lowest BCUT2D eigenvalue weighted by atomic mass is 10.2. The minimum absolute atomic E-state index is 0.389. The number of aryl methyl sites for hydroxylation is 1. The van der Waals surface area contributed by atoms with Crippen LogP contribution in [0.25, 0.3) is 6.08 Å². The molecule has 4 nitrogen and oxygen atoms in total. The van der Waals surface area contributed by atoms with E-state index in [0.717, 1.165) is 11.6 Å². The molecule has 104 valence electrons. The summed E-state index contributed by atoms with van der Waals surface area (Å²) in [5.41, 5.74) is 2.16. The molecule has 2 aromatic rings. The molecule has 0 spiro atoms. The number of hydrogen-bond acceptors (Lipinski definition) is 2. The number of carboxylic acids is 1. The minimum atomic E-state index is -1.03. The first-order valence-corrected chi connectivity index (χ1v) is 6.62. The molecule has 2 rings (SSSR count). The topological polar surface area (TPSA) is 55.1 Å². The van der Waals surface area contributed by atoms with Gasteiger partial charge in [-0.15, -0.1) is 0 Å². The number of hydrogen-bond donors (Lipinski definition) is 1. The normalized spacial score (nSPS) is 11.2. The predicted molar refractivity (Wildman–Crippen MR) is 79.2 cm³/mol. The molecule has 0 aliphatic rings. The smallest absolute Gasteiger partial charge is 0.328 e. The van der Waals surface area contributed by atoms with Crippen molar-refractivity contribution >= 4 is 35.2 Å². The molecule has 0 aliphatic carbocycles. The molecule has 1 heterocycles. The summed E-state index contributed by atoms with van der Waals surface area (Å²) in [6.07, 6.45) is 2.48. The van der Waals surface area contributed by atoms with Gasteiger partial charge in [-0.05, 0) is 24.6 Å². The molecule has 0 aliphatic heterocycles. The Morgan fingerprint density at radius 3 is 2.75 bits per heavy atom. The molecule has 20 heavy (non-hydrogen) atoms. The molecule has 0 saturated carbocycles. The molecule has 1 N–H and O–H groups in total. The predicted octanol–water partition coefficient (Wildman–Crippen LogP) is 3.64. The van der Waals surface area contributed by atoms with Crippen molar-refractivity contribution in [1.29, 1.82) is 0 Å². The van der Waals surface area contributed by atoms with E-state index >= 15 is 0 Å². The molecule has 0 unspecified atom stereocenters. The van der Waals surface area contributed by atoms with Crippen LogP contribution in [0.3, 0.4) is 0 Å². The highest BCUT2D eigenvalue weighted by Gasteiger charge is 2.12. The zero-order valence-electron chi connectivity index (χ0n) is 10.7. The van der Waals surface area contributed by atoms with Crippen molar-refractivity contribution in [2.24, 2.45) is 0 Å². The summed E-state index contributed by atoms with van der Waals surface area (Å²) in [5, 5.41) is 14.0. The number of carbonyl (C=O) groups is 1. The van der Waals surface area contributed by atoms with Crippen LogP contribution in [0.2, 0.25) is 10.2 Å². The van der Waals surface area contributed by atoms with Gasteiger partial charge in [-0.3, -0.25) is 0 Å². The van der Waals surface area contributed by atoms with Crippen molar-refractivity contribution in [3.8, 4) is 0 Å². The lowest BCUT2D eigenvalue weighted by Crippen LogP contribution is -2.02. The number of benzene rings is 1. The van der Waals surface area contributed by atoms with Crippen LogP contribution in [0.5, 0.6) is 0 Å². The van der Waals surface area contributed by atoms with E-state index in [4.69, 9.17) is 28.3 Å². The summed E-state index contributed by atoms with van der Waals surface area (Å²) < 4.78 is 1.60. The first kappa shape index (κ1) is 14.6. The molecule has 6 heteroatoms. The van der Waals surface area contributed by atoms with E-state index in [-0.39, 0.29) is 0 Å². The van der Waals surface area contributed by atoms with E-state index < -0.39 is 5.97 Å². The number of carboxylic acid groups (broad SMARTS) is 1. The fraction of sp³-hybridized carbons (Fsp3) is 0.143. The summed E-state index contributed by atoms with van der Waals surface area (Å²) in [6.45, 7) is 2.21. The fourth-order valence-corrected chi connectivity index (χ4v) is 2.30. The fourth-order valence-electron chi connectivity index (χ4n) is 1.80. The van der Waals surface area contributed by atoms with Crippen LogP contribution >= 0.6 is 23.2 Å². The van der Waals surface area contributed by atoms with Crippen LogP contribution in [-0.2, 0) is 11.3 Å². The molecule has 0 amide bonds. The molecule has 0 atom stereocenters. The second-order valence-corrected chi connectivity index (χ2v) is 4.98. The Hall–Kier alpha value is -1.78. The van der Waals surface area contributed by atoms with Gasteiger partial charge in [-0.2, -0.15) is 5.10 Å². The summed E-state index contributed by atoms with van der Waals surface area (Å²) in [6, 6.07) is 7.42. The van der Waals surface area contributed by atoms with Crippen molar-refractivity contribution in [3.05, 3.63) is 57.3 Å². The largest absolute Gasteiger partial charge is 0.478 e. The third-order valence-electron chi connectivity index (χ3n) is 2.78. The standard InChI is InChI=1S/C14H12Cl2N2O2/c1-9-11(6-7-13(19)20)14(16)18(17-9)8-10-4-2-3-5-12(10)15/h2-7H,8H2,1H3,(H,19,20). The monoisotopic (exact) mass is 310 g/mol. The first-order chi connectivity index (χ1) is 9.49. The average Bonchev–Trinajstić information content (AvgIpc) is 2.65. The Morgan fingerprint density at radius 2 is 2.10 bits per heavy atom. The van der Waals surface area contributed by atoms with E-state index in [2.05, 4.69) is 5.10 Å². The number of rotatable bonds is 4. The van der Waals surface area contributed by atoms with E-state index in [9.17, 15) is 4.79 Å². The van der Waals surface area contributed by atoms with Gasteiger partial charge in [-0.1, -0.05) is 41.4 Å². The van der Waals surface area contributed by atoms with Crippen molar-refractivity contribution in [2.75, 3.05) is 0 Å². The van der Waals surface area contributed by atoms with Crippen molar-refractivity contribution < 1.29 is 9.90 Å². The molecular weight excluding hydrogens is 299 g/mol. The van der Waals surface area contributed by atoms with Crippen LogP contribution in [0.4, 0.5) is 0 Å². The molecule has 1 aromatic heterocycles. The molecule has 0 saturated heterocycles. The lowest BCUT2D eigenvalue weighted by molar-refractivity contribution is -0.131. The highest BCUT2D eigenvalue weighted by atomic mass is 35.5. The van der Waals surface area contributed by atoms with Gasteiger partial charge in [0.2, 0.25) is 0 Å². The third kappa shape index (κ3) is 3.21. The second kappa shape index (κ2) is 6.11. The Morgan fingerprint density at radius 1 is 1.40 bits per heavy atom. The summed E-state index contributed by atoms with van der Waals surface area (Å²) in [7, 11) is 0. The maximum atomic E-state index is 10.6. The van der Waals surface area contributed by atoms with Crippen molar-refractivity contribution in [3.63, 3.8) is 0 Å². The van der Waals surface area contributed by atoms with E-state index in [0.29, 0.717) is 28.0 Å². The van der Waals surface area contributed by atoms with Crippen molar-refractivity contribution in [1.82, 2.24) is 9.78 Å². The lowest BCUT2D eigenvalue weighted by Gasteiger charge is -2.05. The SMILES string of the molecule is Cc1nn(Cc2ccccc2Cl)c(Cl)c1C=CC(=O)O. The van der Waals surface area contributed by atoms with Gasteiger partial charge in [0.25, 0.3) is 0 Å². The maximum absolute atomic E-state index is 10.6. The Labute approximate surface area is 126 Å². The quantitative estimate of drug-likeness (QED) is 0.877. The number of aromatic nitrogens is 2. The molecule has 0 fully saturated rings. The van der Waals surface area contributed by atoms with Gasteiger partial charge in [0.05, 0.1) is 12.2 Å². The number of nitrogens with zero attached hydrogens (tertiary/aromatic N) is 2. The average molecular weight is 311 g/mol. The molecule has 0 bridgehead atoms. The summed E-state index contributed by atoms with van der Waals surface area (Å²) in [4.78, 5) is 10.6. The van der Waals surface area contributed by atoms with E-state index in [1.54, 1.807) is 17.7 Å². The highest BCUT2D eigenvalue weighted by Crippen LogP contribution is 2.24. The number of halogens is 2. The van der Waals surface area contributed by atoms with Gasteiger partial charge >= 0.3 is 5.97 Å². The van der Waals surface area contributed by atoms with Crippen LogP contribution in [-0.4, -0.2) is 20.9 Å². The Kier molecular flexibility index (Phi) is 4.47. The third-order valence-corrected chi connectivity index (χ3v) is 3.55. The highest BCUT2D eigenvalue weighted by molar-refractivity contribution is 6.32. The first-order valence-electron chi connectivity index (χ1n) is 5.86. The number of aliphatic carboxylic acids is 1. The van der Waals surface area contributed by atoms with Gasteiger partial charge in [-0.25, -0.2) is 9.48 Å². The van der Waals surface area contributed by atoms with Gasteiger partial charge in [0, 0.05) is 16.7 Å².